The first kappa shape index (κ1) is 18.1. The van der Waals surface area contributed by atoms with E-state index in [-0.39, 0.29) is 17.3 Å². The van der Waals surface area contributed by atoms with Gasteiger partial charge in [-0.05, 0) is 48.4 Å². The second-order valence-electron chi connectivity index (χ2n) is 6.73. The molecule has 4 rings (SSSR count). The lowest BCUT2D eigenvalue weighted by Gasteiger charge is -2.22. The molecule has 0 radical (unpaired) electrons. The van der Waals surface area contributed by atoms with Crippen molar-refractivity contribution in [2.24, 2.45) is 0 Å². The highest BCUT2D eigenvalue weighted by molar-refractivity contribution is 7.89. The minimum absolute atomic E-state index is 0.170. The molecule has 0 amide bonds. The molecule has 0 saturated carbocycles. The largest absolute Gasteiger partial charge is 0.394 e. The molecule has 0 aliphatic carbocycles. The summed E-state index contributed by atoms with van der Waals surface area (Å²) in [6, 6.07) is 9.12. The Balaban J connectivity index is 1.79. The molecule has 2 heterocycles. The van der Waals surface area contributed by atoms with Crippen LogP contribution in [-0.4, -0.2) is 47.2 Å². The van der Waals surface area contributed by atoms with E-state index in [9.17, 15) is 17.9 Å². The Morgan fingerprint density at radius 2 is 2.04 bits per heavy atom. The quantitative estimate of drug-likeness (QED) is 0.638. The molecule has 3 aromatic rings. The first-order valence-corrected chi connectivity index (χ1v) is 9.98. The van der Waals surface area contributed by atoms with Crippen LogP contribution in [0.4, 0.5) is 4.39 Å². The number of aliphatic hydroxyl groups is 2. The minimum atomic E-state index is -3.73. The maximum Gasteiger partial charge on any atom is 0.244 e. The molecule has 0 spiro atoms. The van der Waals surface area contributed by atoms with E-state index in [0.717, 1.165) is 16.5 Å². The van der Waals surface area contributed by atoms with Gasteiger partial charge in [-0.1, -0.05) is 6.07 Å². The SMILES string of the molecule is CC1c2cc(-c3c[nH]c4cc(F)ccc34)ccc2S(=O)(=O)N1C[C@H](O)CO. The van der Waals surface area contributed by atoms with Crippen LogP contribution in [-0.2, 0) is 10.0 Å². The smallest absolute Gasteiger partial charge is 0.244 e. The third-order valence-electron chi connectivity index (χ3n) is 5.03. The molecule has 8 heteroatoms. The van der Waals surface area contributed by atoms with E-state index >= 15 is 0 Å². The van der Waals surface area contributed by atoms with Gasteiger partial charge in [0.15, 0.2) is 0 Å². The van der Waals surface area contributed by atoms with Gasteiger partial charge in [-0.2, -0.15) is 4.31 Å². The third kappa shape index (κ3) is 2.85. The number of H-pyrrole nitrogens is 1. The number of nitrogens with one attached hydrogen (secondary N) is 1. The van der Waals surface area contributed by atoms with E-state index in [4.69, 9.17) is 5.11 Å². The van der Waals surface area contributed by atoms with Crippen molar-refractivity contribution in [3.05, 3.63) is 54.0 Å². The lowest BCUT2D eigenvalue weighted by Crippen LogP contribution is -2.36. The van der Waals surface area contributed by atoms with E-state index in [1.54, 1.807) is 31.3 Å². The number of halogens is 1. The van der Waals surface area contributed by atoms with Crippen molar-refractivity contribution in [1.29, 1.82) is 0 Å². The molecule has 2 atom stereocenters. The fourth-order valence-corrected chi connectivity index (χ4v) is 5.54. The number of fused-ring (bicyclic) bond motifs is 2. The van der Waals surface area contributed by atoms with Crippen LogP contribution in [0.3, 0.4) is 0 Å². The summed E-state index contributed by atoms with van der Waals surface area (Å²) in [5.41, 5.74) is 2.97. The van der Waals surface area contributed by atoms with Crippen molar-refractivity contribution >= 4 is 20.9 Å². The zero-order valence-corrected chi connectivity index (χ0v) is 15.4. The zero-order valence-electron chi connectivity index (χ0n) is 14.6. The fraction of sp³-hybridized carbons (Fsp3) is 0.263. The summed E-state index contributed by atoms with van der Waals surface area (Å²) < 4.78 is 40.2. The van der Waals surface area contributed by atoms with Crippen molar-refractivity contribution in [1.82, 2.24) is 9.29 Å². The van der Waals surface area contributed by atoms with Crippen LogP contribution < -0.4 is 0 Å². The van der Waals surface area contributed by atoms with Gasteiger partial charge in [-0.3, -0.25) is 0 Å². The molecular formula is C19H19FN2O4S. The van der Waals surface area contributed by atoms with Gasteiger partial charge in [-0.25, -0.2) is 12.8 Å². The second kappa shape index (κ2) is 6.42. The number of aromatic nitrogens is 1. The number of rotatable bonds is 4. The molecule has 0 bridgehead atoms. The van der Waals surface area contributed by atoms with Crippen LogP contribution in [0.25, 0.3) is 22.0 Å². The van der Waals surface area contributed by atoms with Crippen molar-refractivity contribution in [3.63, 3.8) is 0 Å². The number of benzene rings is 2. The van der Waals surface area contributed by atoms with Gasteiger partial charge in [0.1, 0.15) is 5.82 Å². The Labute approximate surface area is 155 Å². The van der Waals surface area contributed by atoms with Crippen LogP contribution in [0, 0.1) is 5.82 Å². The monoisotopic (exact) mass is 390 g/mol. The van der Waals surface area contributed by atoms with Crippen molar-refractivity contribution < 1.29 is 23.0 Å². The summed E-state index contributed by atoms with van der Waals surface area (Å²) in [5, 5.41) is 19.6. The predicted octanol–water partition coefficient (Wildman–Crippen LogP) is 2.39. The van der Waals surface area contributed by atoms with Crippen molar-refractivity contribution in [2.45, 2.75) is 24.0 Å². The highest BCUT2D eigenvalue weighted by Crippen LogP contribution is 2.42. The van der Waals surface area contributed by atoms with E-state index in [2.05, 4.69) is 4.98 Å². The minimum Gasteiger partial charge on any atom is -0.394 e. The summed E-state index contributed by atoms with van der Waals surface area (Å²) in [5.74, 6) is -0.331. The zero-order chi connectivity index (χ0) is 19.3. The number of aromatic amines is 1. The molecule has 3 N–H and O–H groups in total. The second-order valence-corrected chi connectivity index (χ2v) is 8.59. The average Bonchev–Trinajstić information content (AvgIpc) is 3.14. The molecule has 1 unspecified atom stereocenters. The normalized spacial score (nSPS) is 20.1. The standard InChI is InChI=1S/C19H19FN2O4S/c1-11-16-6-12(17-8-21-18-7-13(20)3-4-15(17)18)2-5-19(16)27(25,26)22(11)9-14(24)10-23/h2-8,11,14,21,23-24H,9-10H2,1H3/t11?,14-/m0/s1. The van der Waals surface area contributed by atoms with E-state index in [1.807, 2.05) is 6.07 Å². The molecule has 27 heavy (non-hydrogen) atoms. The van der Waals surface area contributed by atoms with Crippen molar-refractivity contribution in [3.8, 4) is 11.1 Å². The van der Waals surface area contributed by atoms with Crippen LogP contribution in [0.15, 0.2) is 47.5 Å². The number of hydrogen-bond donors (Lipinski definition) is 3. The van der Waals surface area contributed by atoms with Gasteiger partial charge in [-0.15, -0.1) is 0 Å². The Morgan fingerprint density at radius 1 is 1.26 bits per heavy atom. The van der Waals surface area contributed by atoms with E-state index in [1.165, 1.54) is 16.4 Å². The molecule has 0 fully saturated rings. The fourth-order valence-electron chi connectivity index (χ4n) is 3.63. The summed E-state index contributed by atoms with van der Waals surface area (Å²) >= 11 is 0. The third-order valence-corrected chi connectivity index (χ3v) is 7.05. The number of sulfonamides is 1. The summed E-state index contributed by atoms with van der Waals surface area (Å²) in [6.45, 7) is 1.07. The topological polar surface area (TPSA) is 93.6 Å². The van der Waals surface area contributed by atoms with Crippen LogP contribution in [0.1, 0.15) is 18.5 Å². The summed E-state index contributed by atoms with van der Waals surface area (Å²) in [4.78, 5) is 3.24. The molecule has 0 saturated heterocycles. The van der Waals surface area contributed by atoms with Gasteiger partial charge in [0.05, 0.1) is 17.6 Å². The maximum absolute atomic E-state index is 13.4. The van der Waals surface area contributed by atoms with E-state index < -0.39 is 28.8 Å². The molecule has 1 aromatic heterocycles. The van der Waals surface area contributed by atoms with Gasteiger partial charge in [0, 0.05) is 35.2 Å². The molecule has 6 nitrogen and oxygen atoms in total. The van der Waals surface area contributed by atoms with Gasteiger partial charge in [0.25, 0.3) is 0 Å². The van der Waals surface area contributed by atoms with Crippen LogP contribution in [0.2, 0.25) is 0 Å². The Hall–Kier alpha value is -2.26. The molecule has 1 aliphatic heterocycles. The highest BCUT2D eigenvalue weighted by Gasteiger charge is 2.41. The molecule has 142 valence electrons. The van der Waals surface area contributed by atoms with Gasteiger partial charge < -0.3 is 15.2 Å². The first-order valence-electron chi connectivity index (χ1n) is 8.54. The van der Waals surface area contributed by atoms with Gasteiger partial charge in [0.2, 0.25) is 10.0 Å². The Morgan fingerprint density at radius 3 is 2.78 bits per heavy atom. The lowest BCUT2D eigenvalue weighted by atomic mass is 9.99. The molecule has 1 aliphatic rings. The van der Waals surface area contributed by atoms with Crippen molar-refractivity contribution in [2.75, 3.05) is 13.2 Å². The molecular weight excluding hydrogens is 371 g/mol. The number of nitrogens with zero attached hydrogens (tertiary/aromatic N) is 1. The molecule has 2 aromatic carbocycles. The van der Waals surface area contributed by atoms with Crippen LogP contribution >= 0.6 is 0 Å². The Kier molecular flexibility index (Phi) is 4.31. The van der Waals surface area contributed by atoms with Gasteiger partial charge >= 0.3 is 0 Å². The summed E-state index contributed by atoms with van der Waals surface area (Å²) in [6.07, 6.45) is 0.632. The summed E-state index contributed by atoms with van der Waals surface area (Å²) in [7, 11) is -3.73. The Bertz CT molecular complexity index is 1130. The lowest BCUT2D eigenvalue weighted by molar-refractivity contribution is 0.0738. The highest BCUT2D eigenvalue weighted by atomic mass is 32.2. The number of β-amino-alcohol motifs (C(OH)–C–C–N with tert-alkyl or cyclic N) is 1. The number of aliphatic hydroxyl groups excluding tert-OH is 2. The maximum atomic E-state index is 13.4. The first-order chi connectivity index (χ1) is 12.8. The number of hydrogen-bond acceptors (Lipinski definition) is 4. The average molecular weight is 390 g/mol. The van der Waals surface area contributed by atoms with Crippen LogP contribution in [0.5, 0.6) is 0 Å². The van der Waals surface area contributed by atoms with E-state index in [0.29, 0.717) is 11.1 Å². The predicted molar refractivity (Wildman–Crippen MR) is 99.1 cm³/mol.